The predicted octanol–water partition coefficient (Wildman–Crippen LogP) is 4.06. The zero-order chi connectivity index (χ0) is 12.4. The van der Waals surface area contributed by atoms with Crippen LogP contribution in [0.1, 0.15) is 19.4 Å². The predicted molar refractivity (Wildman–Crippen MR) is 77.6 cm³/mol. The summed E-state index contributed by atoms with van der Waals surface area (Å²) in [4.78, 5) is 7.54. The molecule has 0 aliphatic carbocycles. The Labute approximate surface area is 115 Å². The second-order valence-corrected chi connectivity index (χ2v) is 5.58. The van der Waals surface area contributed by atoms with E-state index in [9.17, 15) is 0 Å². The second kappa shape index (κ2) is 5.42. The Kier molecular flexibility index (Phi) is 4.12. The van der Waals surface area contributed by atoms with Gasteiger partial charge in [0.1, 0.15) is 0 Å². The van der Waals surface area contributed by atoms with Crippen molar-refractivity contribution in [1.82, 2.24) is 14.5 Å². The van der Waals surface area contributed by atoms with Crippen molar-refractivity contribution < 1.29 is 0 Å². The van der Waals surface area contributed by atoms with E-state index >= 15 is 0 Å². The summed E-state index contributed by atoms with van der Waals surface area (Å²) in [5.41, 5.74) is 1.79. The van der Waals surface area contributed by atoms with Gasteiger partial charge < -0.3 is 4.98 Å². The van der Waals surface area contributed by atoms with E-state index in [1.165, 1.54) is 0 Å². The van der Waals surface area contributed by atoms with Crippen LogP contribution < -0.4 is 0 Å². The summed E-state index contributed by atoms with van der Waals surface area (Å²) in [7, 11) is 0. The molecule has 0 radical (unpaired) electrons. The van der Waals surface area contributed by atoms with Gasteiger partial charge in [-0.3, -0.25) is 4.57 Å². The SMILES string of the molecule is CCC(CSC)n1c(=S)[nH]c2cc(Cl)cnc21. The van der Waals surface area contributed by atoms with Crippen LogP contribution in [0.5, 0.6) is 0 Å². The molecular formula is C11H14ClN3S2. The number of rotatable bonds is 4. The number of aromatic amines is 1. The monoisotopic (exact) mass is 287 g/mol. The lowest BCUT2D eigenvalue weighted by Gasteiger charge is -2.15. The number of pyridine rings is 1. The zero-order valence-corrected chi connectivity index (χ0v) is 12.1. The molecule has 0 bridgehead atoms. The first-order chi connectivity index (χ1) is 8.17. The van der Waals surface area contributed by atoms with Crippen molar-refractivity contribution in [3.05, 3.63) is 22.1 Å². The maximum atomic E-state index is 5.92. The summed E-state index contributed by atoms with van der Waals surface area (Å²) >= 11 is 13.1. The van der Waals surface area contributed by atoms with Gasteiger partial charge in [-0.2, -0.15) is 11.8 Å². The number of nitrogens with one attached hydrogen (secondary N) is 1. The van der Waals surface area contributed by atoms with E-state index in [2.05, 4.69) is 27.7 Å². The molecule has 2 rings (SSSR count). The Balaban J connectivity index is 2.59. The lowest BCUT2D eigenvalue weighted by molar-refractivity contribution is 0.544. The number of imidazole rings is 1. The largest absolute Gasteiger partial charge is 0.329 e. The fraction of sp³-hybridized carbons (Fsp3) is 0.455. The summed E-state index contributed by atoms with van der Waals surface area (Å²) in [5, 5.41) is 0.624. The molecule has 1 atom stereocenters. The number of hydrogen-bond acceptors (Lipinski definition) is 3. The van der Waals surface area contributed by atoms with E-state index in [1.807, 2.05) is 17.8 Å². The van der Waals surface area contributed by atoms with Gasteiger partial charge in [-0.05, 0) is 31.0 Å². The van der Waals surface area contributed by atoms with Crippen LogP contribution in [-0.4, -0.2) is 26.5 Å². The third-order valence-electron chi connectivity index (χ3n) is 2.72. The van der Waals surface area contributed by atoms with E-state index in [-0.39, 0.29) is 0 Å². The molecule has 0 saturated heterocycles. The first-order valence-corrected chi connectivity index (χ1v) is 7.60. The molecule has 0 saturated carbocycles. The minimum absolute atomic E-state index is 0.375. The van der Waals surface area contributed by atoms with E-state index in [1.54, 1.807) is 6.20 Å². The van der Waals surface area contributed by atoms with Crippen molar-refractivity contribution in [1.29, 1.82) is 0 Å². The highest BCUT2D eigenvalue weighted by atomic mass is 35.5. The molecule has 2 aromatic rings. The Bertz CT molecular complexity index is 576. The van der Waals surface area contributed by atoms with Crippen molar-refractivity contribution in [2.24, 2.45) is 0 Å². The summed E-state index contributed by atoms with van der Waals surface area (Å²) in [6, 6.07) is 2.24. The van der Waals surface area contributed by atoms with Crippen LogP contribution in [-0.2, 0) is 0 Å². The van der Waals surface area contributed by atoms with Crippen molar-refractivity contribution in [3.63, 3.8) is 0 Å². The molecule has 1 N–H and O–H groups in total. The average Bonchev–Trinajstić information content (AvgIpc) is 2.61. The van der Waals surface area contributed by atoms with Crippen molar-refractivity contribution >= 4 is 46.7 Å². The topological polar surface area (TPSA) is 33.6 Å². The maximum absolute atomic E-state index is 5.92. The van der Waals surface area contributed by atoms with Crippen molar-refractivity contribution in [2.45, 2.75) is 19.4 Å². The Hall–Kier alpha value is -0.520. The van der Waals surface area contributed by atoms with Crippen molar-refractivity contribution in [3.8, 4) is 0 Å². The van der Waals surface area contributed by atoms with Crippen LogP contribution in [0.25, 0.3) is 11.2 Å². The van der Waals surface area contributed by atoms with Crippen LogP contribution in [0.4, 0.5) is 0 Å². The highest BCUT2D eigenvalue weighted by Gasteiger charge is 2.14. The minimum atomic E-state index is 0.375. The average molecular weight is 288 g/mol. The molecule has 0 aliphatic heterocycles. The van der Waals surface area contributed by atoms with Crippen LogP contribution in [0.3, 0.4) is 0 Å². The first kappa shape index (κ1) is 12.9. The number of halogens is 1. The molecule has 2 heterocycles. The van der Waals surface area contributed by atoms with Gasteiger partial charge in [0.05, 0.1) is 10.5 Å². The molecule has 2 aromatic heterocycles. The molecule has 0 aromatic carbocycles. The van der Waals surface area contributed by atoms with E-state index in [0.717, 1.165) is 28.1 Å². The molecule has 3 nitrogen and oxygen atoms in total. The highest BCUT2D eigenvalue weighted by molar-refractivity contribution is 7.98. The maximum Gasteiger partial charge on any atom is 0.179 e. The summed E-state index contributed by atoms with van der Waals surface area (Å²) < 4.78 is 2.81. The first-order valence-electron chi connectivity index (χ1n) is 5.42. The number of nitrogens with zero attached hydrogens (tertiary/aromatic N) is 2. The third-order valence-corrected chi connectivity index (χ3v) is 3.94. The lowest BCUT2D eigenvalue weighted by atomic mass is 10.2. The van der Waals surface area contributed by atoms with E-state index in [4.69, 9.17) is 23.8 Å². The van der Waals surface area contributed by atoms with Gasteiger partial charge in [0.15, 0.2) is 10.4 Å². The summed E-state index contributed by atoms with van der Waals surface area (Å²) in [6.45, 7) is 2.16. The van der Waals surface area contributed by atoms with Gasteiger partial charge in [0, 0.05) is 18.0 Å². The number of fused-ring (bicyclic) bond motifs is 1. The van der Waals surface area contributed by atoms with Gasteiger partial charge in [0.25, 0.3) is 0 Å². The van der Waals surface area contributed by atoms with Gasteiger partial charge in [-0.15, -0.1) is 0 Å². The van der Waals surface area contributed by atoms with Crippen LogP contribution in [0, 0.1) is 4.77 Å². The quantitative estimate of drug-likeness (QED) is 0.861. The second-order valence-electron chi connectivity index (χ2n) is 3.84. The Morgan fingerprint density at radius 3 is 3.06 bits per heavy atom. The Morgan fingerprint density at radius 1 is 1.65 bits per heavy atom. The zero-order valence-electron chi connectivity index (χ0n) is 9.74. The Morgan fingerprint density at radius 2 is 2.41 bits per heavy atom. The highest BCUT2D eigenvalue weighted by Crippen LogP contribution is 2.23. The van der Waals surface area contributed by atoms with E-state index < -0.39 is 0 Å². The molecule has 17 heavy (non-hydrogen) atoms. The van der Waals surface area contributed by atoms with Crippen molar-refractivity contribution in [2.75, 3.05) is 12.0 Å². The number of thioether (sulfide) groups is 1. The summed E-state index contributed by atoms with van der Waals surface area (Å²) in [5.74, 6) is 1.03. The number of aromatic nitrogens is 3. The van der Waals surface area contributed by atoms with E-state index in [0.29, 0.717) is 11.1 Å². The molecule has 6 heteroatoms. The third kappa shape index (κ3) is 2.51. The standard InChI is InChI=1S/C11H14ClN3S2/c1-3-8(6-17-2)15-10-9(14-11(15)16)4-7(12)5-13-10/h4-5,8H,3,6H2,1-2H3,(H,14,16). The fourth-order valence-electron chi connectivity index (χ4n) is 1.89. The van der Waals surface area contributed by atoms with Gasteiger partial charge >= 0.3 is 0 Å². The van der Waals surface area contributed by atoms with Gasteiger partial charge in [0.2, 0.25) is 0 Å². The summed E-state index contributed by atoms with van der Waals surface area (Å²) in [6.07, 6.45) is 4.80. The van der Waals surface area contributed by atoms with Crippen LogP contribution in [0.2, 0.25) is 5.02 Å². The molecule has 0 amide bonds. The molecule has 1 unspecified atom stereocenters. The smallest absolute Gasteiger partial charge is 0.179 e. The molecule has 0 spiro atoms. The normalized spacial score (nSPS) is 13.1. The fourth-order valence-corrected chi connectivity index (χ4v) is 3.17. The molecule has 92 valence electrons. The number of hydrogen-bond donors (Lipinski definition) is 1. The lowest BCUT2D eigenvalue weighted by Crippen LogP contribution is -2.11. The van der Waals surface area contributed by atoms with Gasteiger partial charge in [-0.25, -0.2) is 4.98 Å². The van der Waals surface area contributed by atoms with Crippen LogP contribution in [0.15, 0.2) is 12.3 Å². The minimum Gasteiger partial charge on any atom is -0.329 e. The molecule has 0 fully saturated rings. The molecular weight excluding hydrogens is 274 g/mol. The number of H-pyrrole nitrogens is 1. The van der Waals surface area contributed by atoms with Crippen LogP contribution >= 0.6 is 35.6 Å². The molecule has 0 aliphatic rings. The van der Waals surface area contributed by atoms with Gasteiger partial charge in [-0.1, -0.05) is 18.5 Å².